The van der Waals surface area contributed by atoms with E-state index >= 15 is 0 Å². The Balaban J connectivity index is 1.98. The predicted molar refractivity (Wildman–Crippen MR) is 83.5 cm³/mol. The molecule has 1 aromatic carbocycles. The molecule has 1 aromatic heterocycles. The summed E-state index contributed by atoms with van der Waals surface area (Å²) in [5.74, 6) is -0.835. The third-order valence-corrected chi connectivity index (χ3v) is 3.18. The average molecular weight is 349 g/mol. The molecule has 25 heavy (non-hydrogen) atoms. The van der Waals surface area contributed by atoms with Crippen LogP contribution in [0.25, 0.3) is 0 Å². The van der Waals surface area contributed by atoms with Gasteiger partial charge in [0.05, 0.1) is 31.3 Å². The second kappa shape index (κ2) is 7.90. The van der Waals surface area contributed by atoms with Crippen LogP contribution in [0.15, 0.2) is 30.5 Å². The van der Waals surface area contributed by atoms with Gasteiger partial charge in [0.15, 0.2) is 0 Å². The molecule has 0 atom stereocenters. The van der Waals surface area contributed by atoms with E-state index in [0.29, 0.717) is 11.3 Å². The molecule has 0 saturated heterocycles. The van der Waals surface area contributed by atoms with Crippen molar-refractivity contribution in [2.24, 2.45) is 0 Å². The van der Waals surface area contributed by atoms with Crippen LogP contribution in [0.2, 0.25) is 0 Å². The molecule has 2 aromatic rings. The molecule has 1 heterocycles. The van der Waals surface area contributed by atoms with E-state index in [1.165, 1.54) is 11.8 Å². The van der Waals surface area contributed by atoms with E-state index < -0.39 is 22.5 Å². The van der Waals surface area contributed by atoms with Gasteiger partial charge in [-0.15, -0.1) is 0 Å². The van der Waals surface area contributed by atoms with Crippen LogP contribution in [-0.4, -0.2) is 47.5 Å². The lowest BCUT2D eigenvalue weighted by molar-refractivity contribution is -0.385. The molecule has 0 saturated carbocycles. The van der Waals surface area contributed by atoms with Gasteiger partial charge in [-0.2, -0.15) is 5.10 Å². The molecular formula is C15H15N3O7. The molecule has 0 aliphatic carbocycles. The SMILES string of the molecule is COC(=O)c1ccc(OCCn2cc([N+](=O)[O-])c(C(=O)OC)n2)cc1. The highest BCUT2D eigenvalue weighted by Gasteiger charge is 2.26. The van der Waals surface area contributed by atoms with Crippen molar-refractivity contribution < 1.29 is 28.7 Å². The number of carbonyl (C=O) groups is 2. The monoisotopic (exact) mass is 349 g/mol. The third kappa shape index (κ3) is 4.31. The second-order valence-corrected chi connectivity index (χ2v) is 4.74. The molecule has 0 radical (unpaired) electrons. The van der Waals surface area contributed by atoms with Gasteiger partial charge < -0.3 is 14.2 Å². The van der Waals surface area contributed by atoms with Gasteiger partial charge >= 0.3 is 17.6 Å². The molecule has 0 aliphatic rings. The maximum absolute atomic E-state index is 11.5. The number of benzene rings is 1. The maximum atomic E-state index is 11.5. The van der Waals surface area contributed by atoms with Crippen LogP contribution >= 0.6 is 0 Å². The Kier molecular flexibility index (Phi) is 5.66. The van der Waals surface area contributed by atoms with Crippen molar-refractivity contribution in [2.45, 2.75) is 6.54 Å². The van der Waals surface area contributed by atoms with Gasteiger partial charge in [-0.25, -0.2) is 9.59 Å². The Hall–Kier alpha value is -3.43. The number of rotatable bonds is 7. The smallest absolute Gasteiger partial charge is 0.365 e. The first kappa shape index (κ1) is 17.9. The van der Waals surface area contributed by atoms with Gasteiger partial charge in [0.25, 0.3) is 0 Å². The minimum absolute atomic E-state index is 0.150. The number of hydrogen-bond donors (Lipinski definition) is 0. The highest BCUT2D eigenvalue weighted by atomic mass is 16.6. The zero-order chi connectivity index (χ0) is 18.4. The summed E-state index contributed by atoms with van der Waals surface area (Å²) in [6.45, 7) is 0.327. The number of hydrogen-bond acceptors (Lipinski definition) is 8. The van der Waals surface area contributed by atoms with E-state index in [1.54, 1.807) is 24.3 Å². The summed E-state index contributed by atoms with van der Waals surface area (Å²) in [6.07, 6.45) is 1.13. The van der Waals surface area contributed by atoms with Crippen LogP contribution < -0.4 is 4.74 Å². The molecule has 10 heteroatoms. The quantitative estimate of drug-likeness (QED) is 0.418. The number of methoxy groups -OCH3 is 2. The highest BCUT2D eigenvalue weighted by Crippen LogP contribution is 2.18. The van der Waals surface area contributed by atoms with Crippen molar-refractivity contribution in [3.63, 3.8) is 0 Å². The number of carbonyl (C=O) groups excluding carboxylic acids is 2. The molecule has 0 unspecified atom stereocenters. The predicted octanol–water partition coefficient (Wildman–Crippen LogP) is 1.44. The normalized spacial score (nSPS) is 10.2. The summed E-state index contributed by atoms with van der Waals surface area (Å²) in [5, 5.41) is 14.8. The van der Waals surface area contributed by atoms with Crippen molar-refractivity contribution in [3.05, 3.63) is 51.8 Å². The number of ether oxygens (including phenoxy) is 3. The number of aromatic nitrogens is 2. The summed E-state index contributed by atoms with van der Waals surface area (Å²) >= 11 is 0. The summed E-state index contributed by atoms with van der Waals surface area (Å²) in [6, 6.07) is 6.29. The van der Waals surface area contributed by atoms with Crippen molar-refractivity contribution in [2.75, 3.05) is 20.8 Å². The molecule has 0 bridgehead atoms. The standard InChI is InChI=1S/C15H15N3O7/c1-23-14(19)10-3-5-11(6-4-10)25-8-7-17-9-12(18(21)22)13(16-17)15(20)24-2/h3-6,9H,7-8H2,1-2H3. The van der Waals surface area contributed by atoms with Crippen LogP contribution in [0, 0.1) is 10.1 Å². The van der Waals surface area contributed by atoms with E-state index in [4.69, 9.17) is 4.74 Å². The zero-order valence-electron chi connectivity index (χ0n) is 13.5. The van der Waals surface area contributed by atoms with Crippen molar-refractivity contribution in [1.82, 2.24) is 9.78 Å². The van der Waals surface area contributed by atoms with Gasteiger partial charge in [-0.3, -0.25) is 14.8 Å². The van der Waals surface area contributed by atoms with Gasteiger partial charge in [-0.1, -0.05) is 0 Å². The Morgan fingerprint density at radius 1 is 1.16 bits per heavy atom. The first-order valence-corrected chi connectivity index (χ1v) is 7.07. The van der Waals surface area contributed by atoms with E-state index in [1.807, 2.05) is 0 Å². The fourth-order valence-corrected chi connectivity index (χ4v) is 1.96. The fraction of sp³-hybridized carbons (Fsp3) is 0.267. The summed E-state index contributed by atoms with van der Waals surface area (Å²) in [7, 11) is 2.41. The zero-order valence-corrected chi connectivity index (χ0v) is 13.5. The lowest BCUT2D eigenvalue weighted by Gasteiger charge is -2.06. The van der Waals surface area contributed by atoms with E-state index in [9.17, 15) is 19.7 Å². The molecule has 0 fully saturated rings. The van der Waals surface area contributed by atoms with E-state index in [2.05, 4.69) is 14.6 Å². The van der Waals surface area contributed by atoms with Crippen LogP contribution in [0.3, 0.4) is 0 Å². The number of nitro groups is 1. The lowest BCUT2D eigenvalue weighted by Crippen LogP contribution is -2.10. The highest BCUT2D eigenvalue weighted by molar-refractivity contribution is 5.91. The minimum Gasteiger partial charge on any atom is -0.492 e. The van der Waals surface area contributed by atoms with Gasteiger partial charge in [-0.05, 0) is 24.3 Å². The molecular weight excluding hydrogens is 334 g/mol. The van der Waals surface area contributed by atoms with E-state index in [0.717, 1.165) is 13.3 Å². The molecule has 2 rings (SSSR count). The first-order valence-electron chi connectivity index (χ1n) is 7.07. The molecule has 132 valence electrons. The summed E-state index contributed by atoms with van der Waals surface area (Å²) < 4.78 is 15.8. The van der Waals surface area contributed by atoms with Crippen LogP contribution in [0.1, 0.15) is 20.8 Å². The van der Waals surface area contributed by atoms with Crippen molar-refractivity contribution >= 4 is 17.6 Å². The van der Waals surface area contributed by atoms with Crippen LogP contribution in [-0.2, 0) is 16.0 Å². The molecule has 0 spiro atoms. The summed E-state index contributed by atoms with van der Waals surface area (Å²) in [4.78, 5) is 33.0. The average Bonchev–Trinajstić information content (AvgIpc) is 3.05. The van der Waals surface area contributed by atoms with Crippen molar-refractivity contribution in [1.29, 1.82) is 0 Å². The van der Waals surface area contributed by atoms with Crippen LogP contribution in [0.4, 0.5) is 5.69 Å². The Morgan fingerprint density at radius 2 is 1.80 bits per heavy atom. The lowest BCUT2D eigenvalue weighted by atomic mass is 10.2. The first-order chi connectivity index (χ1) is 12.0. The van der Waals surface area contributed by atoms with E-state index in [-0.39, 0.29) is 18.8 Å². The molecule has 0 aliphatic heterocycles. The van der Waals surface area contributed by atoms with Gasteiger partial charge in [0.1, 0.15) is 18.6 Å². The largest absolute Gasteiger partial charge is 0.492 e. The van der Waals surface area contributed by atoms with Crippen LogP contribution in [0.5, 0.6) is 5.75 Å². The number of nitrogens with zero attached hydrogens (tertiary/aromatic N) is 3. The molecule has 0 N–H and O–H groups in total. The third-order valence-electron chi connectivity index (χ3n) is 3.18. The molecule has 10 nitrogen and oxygen atoms in total. The topological polar surface area (TPSA) is 123 Å². The maximum Gasteiger partial charge on any atom is 0.365 e. The Labute approximate surface area is 142 Å². The second-order valence-electron chi connectivity index (χ2n) is 4.74. The fourth-order valence-electron chi connectivity index (χ4n) is 1.96. The van der Waals surface area contributed by atoms with Gasteiger partial charge in [0, 0.05) is 0 Å². The Morgan fingerprint density at radius 3 is 2.36 bits per heavy atom. The molecule has 0 amide bonds. The number of esters is 2. The Bertz CT molecular complexity index is 783. The van der Waals surface area contributed by atoms with Gasteiger partial charge in [0.2, 0.25) is 5.69 Å². The minimum atomic E-state index is -0.884. The summed E-state index contributed by atoms with van der Waals surface area (Å²) in [5.41, 5.74) is -0.413. The van der Waals surface area contributed by atoms with Crippen molar-refractivity contribution in [3.8, 4) is 5.75 Å².